The molecular weight excluding hydrogens is 252 g/mol. The fraction of sp³-hybridized carbons (Fsp3) is 0.562. The molecule has 1 aliphatic rings. The molecule has 1 saturated carbocycles. The quantitative estimate of drug-likeness (QED) is 0.760. The topological polar surface area (TPSA) is 65.3 Å². The van der Waals surface area contributed by atoms with Crippen molar-refractivity contribution in [3.63, 3.8) is 0 Å². The van der Waals surface area contributed by atoms with Crippen LogP contribution in [0, 0.1) is 23.2 Å². The minimum absolute atomic E-state index is 0.198. The van der Waals surface area contributed by atoms with Gasteiger partial charge in [0.05, 0.1) is 5.56 Å². The van der Waals surface area contributed by atoms with Crippen molar-refractivity contribution in [2.75, 3.05) is 19.7 Å². The highest BCUT2D eigenvalue weighted by Crippen LogP contribution is 2.35. The lowest BCUT2D eigenvalue weighted by molar-refractivity contribution is 0.105. The Morgan fingerprint density at radius 1 is 1.40 bits per heavy atom. The highest BCUT2D eigenvalue weighted by molar-refractivity contribution is 5.42. The number of para-hydroxylation sites is 1. The second-order valence-corrected chi connectivity index (χ2v) is 5.55. The van der Waals surface area contributed by atoms with Crippen LogP contribution in [-0.2, 0) is 0 Å². The number of hydrogen-bond acceptors (Lipinski definition) is 4. The molecule has 1 aliphatic carbocycles. The van der Waals surface area contributed by atoms with E-state index in [0.29, 0.717) is 23.8 Å². The molecule has 0 saturated heterocycles. The summed E-state index contributed by atoms with van der Waals surface area (Å²) in [6.07, 6.45) is 2.13. The van der Waals surface area contributed by atoms with Gasteiger partial charge < -0.3 is 15.2 Å². The molecule has 2 N–H and O–H groups in total. The average Bonchev–Trinajstić information content (AvgIpc) is 3.30. The maximum atomic E-state index is 9.87. The summed E-state index contributed by atoms with van der Waals surface area (Å²) >= 11 is 0. The maximum Gasteiger partial charge on any atom is 0.137 e. The Morgan fingerprint density at radius 3 is 2.85 bits per heavy atom. The average molecular weight is 274 g/mol. The molecule has 0 heterocycles. The zero-order valence-corrected chi connectivity index (χ0v) is 11.9. The largest absolute Gasteiger partial charge is 0.489 e. The third kappa shape index (κ3) is 4.52. The van der Waals surface area contributed by atoms with Gasteiger partial charge in [-0.1, -0.05) is 19.1 Å². The Labute approximate surface area is 120 Å². The molecule has 4 nitrogen and oxygen atoms in total. The van der Waals surface area contributed by atoms with Crippen molar-refractivity contribution in [3.8, 4) is 11.8 Å². The van der Waals surface area contributed by atoms with Crippen LogP contribution in [0.25, 0.3) is 0 Å². The van der Waals surface area contributed by atoms with Gasteiger partial charge in [-0.2, -0.15) is 5.26 Å². The standard InChI is InChI=1S/C16H22N2O2/c1-12(13-6-7-13)9-18-10-15(19)11-20-16-5-3-2-4-14(16)8-17/h2-5,12-13,15,18-19H,6-7,9-11H2,1H3. The lowest BCUT2D eigenvalue weighted by atomic mass is 10.1. The number of aliphatic hydroxyl groups is 1. The molecule has 0 spiro atoms. The first-order chi connectivity index (χ1) is 9.70. The van der Waals surface area contributed by atoms with E-state index < -0.39 is 6.10 Å². The SMILES string of the molecule is CC(CNCC(O)COc1ccccc1C#N)C1CC1. The number of nitriles is 1. The van der Waals surface area contributed by atoms with Gasteiger partial charge in [0, 0.05) is 6.54 Å². The van der Waals surface area contributed by atoms with E-state index in [0.717, 1.165) is 12.5 Å². The van der Waals surface area contributed by atoms with E-state index in [1.807, 2.05) is 6.07 Å². The summed E-state index contributed by atoms with van der Waals surface area (Å²) in [5, 5.41) is 22.1. The van der Waals surface area contributed by atoms with E-state index in [-0.39, 0.29) is 6.61 Å². The molecule has 0 radical (unpaired) electrons. The van der Waals surface area contributed by atoms with Crippen molar-refractivity contribution >= 4 is 0 Å². The van der Waals surface area contributed by atoms with Crippen LogP contribution in [0.1, 0.15) is 25.3 Å². The van der Waals surface area contributed by atoms with Gasteiger partial charge in [-0.25, -0.2) is 0 Å². The van der Waals surface area contributed by atoms with E-state index >= 15 is 0 Å². The van der Waals surface area contributed by atoms with Gasteiger partial charge in [-0.15, -0.1) is 0 Å². The van der Waals surface area contributed by atoms with E-state index in [2.05, 4.69) is 18.3 Å². The van der Waals surface area contributed by atoms with E-state index in [1.54, 1.807) is 18.2 Å². The molecule has 0 aromatic heterocycles. The number of nitrogens with zero attached hydrogens (tertiary/aromatic N) is 1. The summed E-state index contributed by atoms with van der Waals surface area (Å²) in [6.45, 7) is 3.91. The second kappa shape index (κ2) is 7.28. The van der Waals surface area contributed by atoms with Crippen molar-refractivity contribution in [1.82, 2.24) is 5.32 Å². The molecule has 1 aromatic rings. The summed E-state index contributed by atoms with van der Waals surface area (Å²) in [4.78, 5) is 0. The van der Waals surface area contributed by atoms with Crippen LogP contribution in [0.3, 0.4) is 0 Å². The summed E-state index contributed by atoms with van der Waals surface area (Å²) in [7, 11) is 0. The van der Waals surface area contributed by atoms with Crippen molar-refractivity contribution in [2.24, 2.45) is 11.8 Å². The van der Waals surface area contributed by atoms with Gasteiger partial charge >= 0.3 is 0 Å². The number of benzene rings is 1. The highest BCUT2D eigenvalue weighted by atomic mass is 16.5. The summed E-state index contributed by atoms with van der Waals surface area (Å²) in [5.74, 6) is 2.08. The van der Waals surface area contributed by atoms with Gasteiger partial charge in [0.25, 0.3) is 0 Å². The molecule has 2 rings (SSSR count). The van der Waals surface area contributed by atoms with E-state index in [1.165, 1.54) is 12.8 Å². The van der Waals surface area contributed by atoms with Crippen LogP contribution in [0.15, 0.2) is 24.3 Å². The molecule has 0 bridgehead atoms. The number of rotatable bonds is 8. The van der Waals surface area contributed by atoms with E-state index in [9.17, 15) is 5.11 Å². The molecule has 1 fully saturated rings. The maximum absolute atomic E-state index is 9.87. The molecule has 2 unspecified atom stereocenters. The summed E-state index contributed by atoms with van der Waals surface area (Å²) in [6, 6.07) is 9.14. The number of hydrogen-bond donors (Lipinski definition) is 2. The molecule has 20 heavy (non-hydrogen) atoms. The highest BCUT2D eigenvalue weighted by Gasteiger charge is 2.27. The fourth-order valence-corrected chi connectivity index (χ4v) is 2.24. The molecule has 2 atom stereocenters. The van der Waals surface area contributed by atoms with Crippen molar-refractivity contribution in [1.29, 1.82) is 5.26 Å². The van der Waals surface area contributed by atoms with Gasteiger partial charge in [-0.05, 0) is 43.4 Å². The third-order valence-corrected chi connectivity index (χ3v) is 3.71. The van der Waals surface area contributed by atoms with Crippen molar-refractivity contribution < 1.29 is 9.84 Å². The van der Waals surface area contributed by atoms with Gasteiger partial charge in [0.2, 0.25) is 0 Å². The molecular formula is C16H22N2O2. The monoisotopic (exact) mass is 274 g/mol. The Kier molecular flexibility index (Phi) is 5.40. The van der Waals surface area contributed by atoms with Crippen LogP contribution < -0.4 is 10.1 Å². The van der Waals surface area contributed by atoms with Gasteiger partial charge in [0.15, 0.2) is 0 Å². The van der Waals surface area contributed by atoms with E-state index in [4.69, 9.17) is 10.00 Å². The normalized spacial score (nSPS) is 17.2. The first kappa shape index (κ1) is 14.8. The zero-order chi connectivity index (χ0) is 14.4. The minimum atomic E-state index is -0.562. The Bertz CT molecular complexity index is 466. The fourth-order valence-electron chi connectivity index (χ4n) is 2.24. The molecule has 108 valence electrons. The van der Waals surface area contributed by atoms with Crippen LogP contribution in [0.4, 0.5) is 0 Å². The molecule has 0 amide bonds. The molecule has 4 heteroatoms. The molecule has 0 aliphatic heterocycles. The van der Waals surface area contributed by atoms with Crippen LogP contribution in [-0.4, -0.2) is 30.9 Å². The first-order valence-electron chi connectivity index (χ1n) is 7.21. The smallest absolute Gasteiger partial charge is 0.137 e. The van der Waals surface area contributed by atoms with Crippen LogP contribution in [0.5, 0.6) is 5.75 Å². The number of ether oxygens (including phenoxy) is 1. The summed E-state index contributed by atoms with van der Waals surface area (Å²) in [5.41, 5.74) is 0.495. The minimum Gasteiger partial charge on any atom is -0.489 e. The Balaban J connectivity index is 1.66. The predicted octanol–water partition coefficient (Wildman–Crippen LogP) is 1.93. The zero-order valence-electron chi connectivity index (χ0n) is 11.9. The lowest BCUT2D eigenvalue weighted by Crippen LogP contribution is -2.34. The second-order valence-electron chi connectivity index (χ2n) is 5.55. The lowest BCUT2D eigenvalue weighted by Gasteiger charge is -2.16. The van der Waals surface area contributed by atoms with Crippen molar-refractivity contribution in [3.05, 3.63) is 29.8 Å². The van der Waals surface area contributed by atoms with Gasteiger partial charge in [-0.3, -0.25) is 0 Å². The third-order valence-electron chi connectivity index (χ3n) is 3.71. The Hall–Kier alpha value is -1.57. The number of nitrogens with one attached hydrogen (secondary N) is 1. The predicted molar refractivity (Wildman–Crippen MR) is 77.4 cm³/mol. The Morgan fingerprint density at radius 2 is 2.15 bits per heavy atom. The molecule has 1 aromatic carbocycles. The van der Waals surface area contributed by atoms with Crippen LogP contribution in [0.2, 0.25) is 0 Å². The van der Waals surface area contributed by atoms with Crippen molar-refractivity contribution in [2.45, 2.75) is 25.9 Å². The van der Waals surface area contributed by atoms with Gasteiger partial charge in [0.1, 0.15) is 24.5 Å². The summed E-state index contributed by atoms with van der Waals surface area (Å²) < 4.78 is 5.49. The number of aliphatic hydroxyl groups excluding tert-OH is 1. The van der Waals surface area contributed by atoms with Crippen LogP contribution >= 0.6 is 0 Å². The first-order valence-corrected chi connectivity index (χ1v) is 7.21.